The summed E-state index contributed by atoms with van der Waals surface area (Å²) in [5, 5.41) is 10.2. The van der Waals surface area contributed by atoms with Crippen LogP contribution in [0.25, 0.3) is 77.5 Å². The summed E-state index contributed by atoms with van der Waals surface area (Å²) in [5.41, 5.74) is 14.4. The van der Waals surface area contributed by atoms with Crippen LogP contribution in [0.5, 0.6) is 0 Å². The maximum atomic E-state index is 8.88. The van der Waals surface area contributed by atoms with Crippen LogP contribution in [0.1, 0.15) is 55.8 Å². The Morgan fingerprint density at radius 3 is 1.60 bits per heavy atom. The van der Waals surface area contributed by atoms with E-state index in [1.54, 1.807) is 0 Å². The molecule has 0 fully saturated rings. The van der Waals surface area contributed by atoms with Gasteiger partial charge in [-0.1, -0.05) is 0 Å². The van der Waals surface area contributed by atoms with Gasteiger partial charge in [0.1, 0.15) is 0 Å². The van der Waals surface area contributed by atoms with Crippen LogP contribution < -0.4 is 0 Å². The maximum absolute atomic E-state index is 8.88. The fourth-order valence-electron chi connectivity index (χ4n) is 10.9. The van der Waals surface area contributed by atoms with Crippen molar-refractivity contribution in [1.82, 2.24) is 0 Å². The van der Waals surface area contributed by atoms with Crippen molar-refractivity contribution in [3.8, 4) is 22.3 Å². The summed E-state index contributed by atoms with van der Waals surface area (Å²) in [5.74, 6) is -1.44. The van der Waals surface area contributed by atoms with Crippen LogP contribution in [0, 0.1) is 12.8 Å². The van der Waals surface area contributed by atoms with E-state index < -0.39 is 21.5 Å². The summed E-state index contributed by atoms with van der Waals surface area (Å²) in [7, 11) is 17.8. The summed E-state index contributed by atoms with van der Waals surface area (Å²) < 4.78 is 0.0522. The van der Waals surface area contributed by atoms with E-state index in [4.69, 9.17) is 17.0 Å². The van der Waals surface area contributed by atoms with Crippen molar-refractivity contribution in [2.24, 2.45) is 5.92 Å². The van der Waals surface area contributed by atoms with E-state index in [1.165, 1.54) is 104 Å². The summed E-state index contributed by atoms with van der Waals surface area (Å²) in [6, 6.07) is 51.8. The molecule has 0 N–H and O–H groups in total. The molecule has 2 aliphatic carbocycles. The molecule has 8 aromatic rings. The minimum atomic E-state index is -5.01. The molecule has 10 rings (SSSR count). The van der Waals surface area contributed by atoms with E-state index in [9.17, 15) is 0 Å². The van der Waals surface area contributed by atoms with Crippen molar-refractivity contribution >= 4 is 78.2 Å². The Labute approximate surface area is 345 Å². The Bertz CT molecular complexity index is 3060. The Balaban J connectivity index is 1.18. The fourth-order valence-corrected chi connectivity index (χ4v) is 43.2. The monoisotopic (exact) mass is 871 g/mol. The summed E-state index contributed by atoms with van der Waals surface area (Å²) >= 11 is -5.01. The predicted molar refractivity (Wildman–Crippen MR) is 251 cm³/mol. The van der Waals surface area contributed by atoms with E-state index in [0.29, 0.717) is 5.92 Å². The second-order valence-corrected chi connectivity index (χ2v) is 59.9. The molecule has 0 aromatic heterocycles. The second kappa shape index (κ2) is 13.5. The molecule has 0 spiro atoms. The van der Waals surface area contributed by atoms with Crippen molar-refractivity contribution < 1.29 is 15.6 Å². The Kier molecular flexibility index (Phi) is 8.82. The van der Waals surface area contributed by atoms with Gasteiger partial charge in [-0.05, 0) is 0 Å². The number of hydrogen-bond acceptors (Lipinski definition) is 0. The van der Waals surface area contributed by atoms with Crippen molar-refractivity contribution in [2.75, 3.05) is 0 Å². The molecule has 57 heavy (non-hydrogen) atoms. The van der Waals surface area contributed by atoms with Crippen LogP contribution in [0.3, 0.4) is 0 Å². The van der Waals surface area contributed by atoms with Gasteiger partial charge in [-0.3, -0.25) is 0 Å². The zero-order valence-electron chi connectivity index (χ0n) is 33.5. The van der Waals surface area contributed by atoms with Crippen LogP contribution >= 0.6 is 17.0 Å². The zero-order valence-corrected chi connectivity index (χ0v) is 38.6. The van der Waals surface area contributed by atoms with Gasteiger partial charge in [0.25, 0.3) is 0 Å². The van der Waals surface area contributed by atoms with Crippen LogP contribution in [0.2, 0.25) is 13.1 Å². The molecule has 0 heterocycles. The minimum absolute atomic E-state index is 0.0258. The number of rotatable bonds is 6. The molecule has 0 bridgehead atoms. The summed E-state index contributed by atoms with van der Waals surface area (Å²) in [6.45, 7) is 14.2. The Hall–Kier alpha value is -4.04. The Morgan fingerprint density at radius 1 is 0.491 bits per heavy atom. The van der Waals surface area contributed by atoms with E-state index in [1.807, 2.05) is 0 Å². The van der Waals surface area contributed by atoms with Gasteiger partial charge in [0, 0.05) is 0 Å². The number of fused-ring (bicyclic) bond motifs is 8. The average molecular weight is 874 g/mol. The molecule has 281 valence electrons. The normalized spacial score (nSPS) is 17.3. The van der Waals surface area contributed by atoms with Gasteiger partial charge < -0.3 is 0 Å². The number of allylic oxidation sites excluding steroid dienone is 2. The third-order valence-corrected chi connectivity index (χ3v) is 65.7. The first-order chi connectivity index (χ1) is 27.5. The fraction of sp³-hybridized carbons (Fsp3) is 0.170. The van der Waals surface area contributed by atoms with Crippen molar-refractivity contribution in [3.63, 3.8) is 0 Å². The van der Waals surface area contributed by atoms with Gasteiger partial charge in [-0.2, -0.15) is 0 Å². The number of halogens is 2. The van der Waals surface area contributed by atoms with E-state index >= 15 is 0 Å². The number of aryl methyl sites for hydroxylation is 1. The first-order valence-electron chi connectivity index (χ1n) is 20.5. The first-order valence-corrected chi connectivity index (χ1v) is 36.8. The first kappa shape index (κ1) is 37.2. The van der Waals surface area contributed by atoms with Crippen molar-refractivity contribution in [1.29, 1.82) is 0 Å². The van der Waals surface area contributed by atoms with E-state index in [-0.39, 0.29) is 7.25 Å². The third kappa shape index (κ3) is 5.40. The SMILES string of the molecule is CC1=Cc2c(-c3cccc4c3ccc3ccccc34)ccc(C)c2[CH]1[Zr]([Cl])([Cl])([CH]1C(C(C)C)=Cc2c(-c3cccc4c3ccc3ccccc34)cccc21)[SiH](C)C. The Morgan fingerprint density at radius 2 is 1.02 bits per heavy atom. The molecule has 2 aliphatic rings. The summed E-state index contributed by atoms with van der Waals surface area (Å²) in [4.78, 5) is 0. The molecular formula is C53H47Cl2SiZr. The van der Waals surface area contributed by atoms with Crippen molar-refractivity contribution in [2.45, 2.75) is 48.0 Å². The van der Waals surface area contributed by atoms with E-state index in [0.717, 1.165) is 0 Å². The van der Waals surface area contributed by atoms with Gasteiger partial charge in [0.05, 0.1) is 0 Å². The van der Waals surface area contributed by atoms with Gasteiger partial charge in [0.15, 0.2) is 0 Å². The standard InChI is InChI=1S/C26H21.C25H19.C2H7Si.2ClH.Zr/c1-17(2)20-15-19-8-5-10-24(26(19)16-20)23-12-6-11-22-21-9-4-3-7-18(21)13-14-25(22)23;1-16-14-24-17(2)10-12-23(25(24)15-16)21-9-5-8-20-19-7-4-3-6-18(19)11-13-22(20)21;1-3-2;;;/h3-17H,1-2H3;3-15H,1-2H3;3H,1-2H3;2*1H;/q;;;;;+2/p-2. The third-order valence-electron chi connectivity index (χ3n) is 13.7. The topological polar surface area (TPSA) is 0 Å². The van der Waals surface area contributed by atoms with Gasteiger partial charge in [-0.25, -0.2) is 0 Å². The number of hydrogen-bond donors (Lipinski definition) is 0. The summed E-state index contributed by atoms with van der Waals surface area (Å²) in [6.07, 6.45) is 4.97. The molecule has 4 heteroatoms. The molecule has 8 aromatic carbocycles. The number of benzene rings is 8. The zero-order chi connectivity index (χ0) is 39.4. The van der Waals surface area contributed by atoms with Gasteiger partial charge in [0.2, 0.25) is 0 Å². The quantitative estimate of drug-likeness (QED) is 0.115. The predicted octanol–water partition coefficient (Wildman–Crippen LogP) is 16.2. The molecule has 0 aliphatic heterocycles. The molecule has 2 unspecified atom stereocenters. The molecular weight excluding hydrogens is 827 g/mol. The van der Waals surface area contributed by atoms with Gasteiger partial charge in [-0.15, -0.1) is 0 Å². The molecule has 0 nitrogen and oxygen atoms in total. The van der Waals surface area contributed by atoms with Crippen LogP contribution in [-0.2, 0) is 15.6 Å². The molecule has 0 saturated heterocycles. The van der Waals surface area contributed by atoms with Crippen LogP contribution in [0.15, 0.2) is 151 Å². The molecule has 0 radical (unpaired) electrons. The molecule has 2 atom stereocenters. The van der Waals surface area contributed by atoms with E-state index in [2.05, 4.69) is 192 Å². The van der Waals surface area contributed by atoms with Gasteiger partial charge >= 0.3 is 348 Å². The van der Waals surface area contributed by atoms with Crippen LogP contribution in [0.4, 0.5) is 0 Å². The average Bonchev–Trinajstić information content (AvgIpc) is 3.81. The molecule has 0 amide bonds. The van der Waals surface area contributed by atoms with Crippen molar-refractivity contribution in [3.05, 3.63) is 178 Å². The van der Waals surface area contributed by atoms with Crippen LogP contribution in [-0.4, -0.2) is 5.92 Å². The second-order valence-electron chi connectivity index (χ2n) is 17.4. The molecule has 0 saturated carbocycles.